The molecule has 17 heavy (non-hydrogen) atoms. The maximum absolute atomic E-state index is 11.8. The van der Waals surface area contributed by atoms with Crippen LogP contribution in [0.4, 0.5) is 0 Å². The van der Waals surface area contributed by atoms with Crippen LogP contribution in [0.15, 0.2) is 0 Å². The molecule has 1 aliphatic heterocycles. The van der Waals surface area contributed by atoms with Crippen LogP contribution >= 0.6 is 0 Å². The van der Waals surface area contributed by atoms with Crippen molar-refractivity contribution in [2.75, 3.05) is 19.7 Å². The Morgan fingerprint density at radius 3 is 2.18 bits per heavy atom. The highest BCUT2D eigenvalue weighted by Gasteiger charge is 2.36. The fourth-order valence-corrected chi connectivity index (χ4v) is 2.91. The summed E-state index contributed by atoms with van der Waals surface area (Å²) in [4.78, 5) is 14.3. The van der Waals surface area contributed by atoms with Gasteiger partial charge < -0.3 is 4.74 Å². The fourth-order valence-electron chi connectivity index (χ4n) is 2.91. The van der Waals surface area contributed by atoms with Crippen LogP contribution in [-0.4, -0.2) is 36.1 Å². The number of rotatable bonds is 6. The molecule has 3 heteroatoms. The molecule has 0 aliphatic carbocycles. The predicted octanol–water partition coefficient (Wildman–Crippen LogP) is 2.98. The van der Waals surface area contributed by atoms with Crippen molar-refractivity contribution in [3.8, 4) is 0 Å². The molecule has 1 aliphatic rings. The van der Waals surface area contributed by atoms with Crippen LogP contribution in [-0.2, 0) is 9.53 Å². The Morgan fingerprint density at radius 1 is 1.12 bits per heavy atom. The van der Waals surface area contributed by atoms with Crippen LogP contribution in [0.25, 0.3) is 0 Å². The summed E-state index contributed by atoms with van der Waals surface area (Å²) in [5.41, 5.74) is 0.0344. The number of hydrogen-bond donors (Lipinski definition) is 0. The number of esters is 1. The van der Waals surface area contributed by atoms with E-state index < -0.39 is 0 Å². The van der Waals surface area contributed by atoms with Crippen LogP contribution in [0, 0.1) is 0 Å². The number of carbonyl (C=O) groups is 1. The molecule has 0 unspecified atom stereocenters. The number of carbonyl (C=O) groups excluding carboxylic acids is 1. The lowest BCUT2D eigenvalue weighted by atomic mass is 9.85. The van der Waals surface area contributed by atoms with Gasteiger partial charge in [0.25, 0.3) is 0 Å². The first kappa shape index (κ1) is 14.5. The Bertz CT molecular complexity index is 230. The highest BCUT2D eigenvalue weighted by molar-refractivity contribution is 5.70. The zero-order valence-electron chi connectivity index (χ0n) is 11.6. The SMILES string of the molecule is CCOC(=O)CC(CC)(CC)N1CCCCC1. The summed E-state index contributed by atoms with van der Waals surface area (Å²) in [6, 6.07) is 0. The van der Waals surface area contributed by atoms with Crippen molar-refractivity contribution < 1.29 is 9.53 Å². The number of piperidine rings is 1. The smallest absolute Gasteiger partial charge is 0.307 e. The molecule has 1 fully saturated rings. The second kappa shape index (κ2) is 7.00. The third-order valence-corrected chi connectivity index (χ3v) is 4.12. The van der Waals surface area contributed by atoms with E-state index in [9.17, 15) is 4.79 Å². The van der Waals surface area contributed by atoms with Crippen LogP contribution < -0.4 is 0 Å². The molecular weight excluding hydrogens is 214 g/mol. The van der Waals surface area contributed by atoms with Gasteiger partial charge in [0.2, 0.25) is 0 Å². The highest BCUT2D eigenvalue weighted by Crippen LogP contribution is 2.31. The second-order valence-corrected chi connectivity index (χ2v) is 4.96. The number of likely N-dealkylation sites (tertiary alicyclic amines) is 1. The van der Waals surface area contributed by atoms with Gasteiger partial charge in [-0.05, 0) is 45.7 Å². The Kier molecular flexibility index (Phi) is 5.96. The predicted molar refractivity (Wildman–Crippen MR) is 70.0 cm³/mol. The quantitative estimate of drug-likeness (QED) is 0.670. The van der Waals surface area contributed by atoms with Crippen molar-refractivity contribution in [1.29, 1.82) is 0 Å². The molecule has 0 bridgehead atoms. The van der Waals surface area contributed by atoms with Crippen LogP contribution in [0.2, 0.25) is 0 Å². The molecule has 0 aromatic heterocycles. The first-order valence-corrected chi connectivity index (χ1v) is 7.09. The topological polar surface area (TPSA) is 29.5 Å². The van der Waals surface area contributed by atoms with E-state index in [0.29, 0.717) is 13.0 Å². The van der Waals surface area contributed by atoms with Gasteiger partial charge in [-0.3, -0.25) is 9.69 Å². The Balaban J connectivity index is 2.68. The molecule has 0 radical (unpaired) electrons. The van der Waals surface area contributed by atoms with Gasteiger partial charge in [-0.25, -0.2) is 0 Å². The van der Waals surface area contributed by atoms with E-state index in [-0.39, 0.29) is 11.5 Å². The standard InChI is InChI=1S/C14H27NO2/c1-4-14(5-2,12-13(16)17-6-3)15-10-8-7-9-11-15/h4-12H2,1-3H3. The van der Waals surface area contributed by atoms with Crippen molar-refractivity contribution in [1.82, 2.24) is 4.90 Å². The van der Waals surface area contributed by atoms with Gasteiger partial charge in [-0.15, -0.1) is 0 Å². The van der Waals surface area contributed by atoms with E-state index in [1.54, 1.807) is 0 Å². The Hall–Kier alpha value is -0.570. The van der Waals surface area contributed by atoms with Gasteiger partial charge in [0.15, 0.2) is 0 Å². The minimum atomic E-state index is -0.0400. The van der Waals surface area contributed by atoms with Crippen molar-refractivity contribution in [2.45, 2.75) is 64.8 Å². The van der Waals surface area contributed by atoms with Crippen molar-refractivity contribution in [2.24, 2.45) is 0 Å². The third-order valence-electron chi connectivity index (χ3n) is 4.12. The molecule has 3 nitrogen and oxygen atoms in total. The summed E-state index contributed by atoms with van der Waals surface area (Å²) in [6.07, 6.45) is 6.48. The van der Waals surface area contributed by atoms with Crippen molar-refractivity contribution in [3.63, 3.8) is 0 Å². The molecule has 1 saturated heterocycles. The molecular formula is C14H27NO2. The number of nitrogens with zero attached hydrogens (tertiary/aromatic N) is 1. The van der Waals surface area contributed by atoms with E-state index in [1.807, 2.05) is 6.92 Å². The fraction of sp³-hybridized carbons (Fsp3) is 0.929. The van der Waals surface area contributed by atoms with Crippen molar-refractivity contribution in [3.05, 3.63) is 0 Å². The summed E-state index contributed by atoms with van der Waals surface area (Å²) < 4.78 is 5.13. The summed E-state index contributed by atoms with van der Waals surface area (Å²) in [7, 11) is 0. The monoisotopic (exact) mass is 241 g/mol. The average Bonchev–Trinajstić information content (AvgIpc) is 2.37. The molecule has 1 heterocycles. The molecule has 0 N–H and O–H groups in total. The van der Waals surface area contributed by atoms with E-state index >= 15 is 0 Å². The first-order chi connectivity index (χ1) is 8.18. The normalized spacial score (nSPS) is 18.1. The maximum Gasteiger partial charge on any atom is 0.307 e. The number of ether oxygens (including phenoxy) is 1. The zero-order valence-corrected chi connectivity index (χ0v) is 11.6. The lowest BCUT2D eigenvalue weighted by molar-refractivity contribution is -0.147. The van der Waals surface area contributed by atoms with E-state index in [0.717, 1.165) is 25.9 Å². The summed E-state index contributed by atoms with van der Waals surface area (Å²) in [5, 5.41) is 0. The molecule has 0 saturated carbocycles. The maximum atomic E-state index is 11.8. The molecule has 0 amide bonds. The molecule has 0 atom stereocenters. The molecule has 1 rings (SSSR count). The minimum Gasteiger partial charge on any atom is -0.466 e. The Morgan fingerprint density at radius 2 is 1.71 bits per heavy atom. The highest BCUT2D eigenvalue weighted by atomic mass is 16.5. The van der Waals surface area contributed by atoms with Crippen LogP contribution in [0.5, 0.6) is 0 Å². The van der Waals surface area contributed by atoms with Gasteiger partial charge >= 0.3 is 5.97 Å². The van der Waals surface area contributed by atoms with Gasteiger partial charge in [-0.1, -0.05) is 20.3 Å². The second-order valence-electron chi connectivity index (χ2n) is 4.96. The lowest BCUT2D eigenvalue weighted by Crippen LogP contribution is -2.51. The van der Waals surface area contributed by atoms with Gasteiger partial charge in [0.1, 0.15) is 0 Å². The van der Waals surface area contributed by atoms with Crippen molar-refractivity contribution >= 4 is 5.97 Å². The van der Waals surface area contributed by atoms with E-state index in [4.69, 9.17) is 4.74 Å². The van der Waals surface area contributed by atoms with Gasteiger partial charge in [0.05, 0.1) is 13.0 Å². The average molecular weight is 241 g/mol. The van der Waals surface area contributed by atoms with Gasteiger partial charge in [-0.2, -0.15) is 0 Å². The summed E-state index contributed by atoms with van der Waals surface area (Å²) in [6.45, 7) is 9.03. The summed E-state index contributed by atoms with van der Waals surface area (Å²) in [5.74, 6) is -0.0400. The molecule has 100 valence electrons. The van der Waals surface area contributed by atoms with Crippen LogP contribution in [0.1, 0.15) is 59.3 Å². The van der Waals surface area contributed by atoms with E-state index in [1.165, 1.54) is 19.3 Å². The molecule has 0 aromatic rings. The van der Waals surface area contributed by atoms with Crippen LogP contribution in [0.3, 0.4) is 0 Å². The largest absolute Gasteiger partial charge is 0.466 e. The Labute approximate surface area is 106 Å². The molecule has 0 aromatic carbocycles. The van der Waals surface area contributed by atoms with Gasteiger partial charge in [0, 0.05) is 5.54 Å². The third kappa shape index (κ3) is 3.70. The summed E-state index contributed by atoms with van der Waals surface area (Å²) >= 11 is 0. The zero-order chi connectivity index (χ0) is 12.7. The first-order valence-electron chi connectivity index (χ1n) is 7.09. The minimum absolute atomic E-state index is 0.0344. The number of hydrogen-bond acceptors (Lipinski definition) is 3. The molecule has 0 spiro atoms. The lowest BCUT2D eigenvalue weighted by Gasteiger charge is -2.44. The van der Waals surface area contributed by atoms with E-state index in [2.05, 4.69) is 18.7 Å².